The summed E-state index contributed by atoms with van der Waals surface area (Å²) in [4.78, 5) is 25.0. The van der Waals surface area contributed by atoms with Crippen molar-refractivity contribution in [1.29, 1.82) is 0 Å². The maximum Gasteiger partial charge on any atom is 0.276 e. The summed E-state index contributed by atoms with van der Waals surface area (Å²) in [7, 11) is 0. The van der Waals surface area contributed by atoms with Crippen molar-refractivity contribution in [2.24, 2.45) is 5.92 Å². The van der Waals surface area contributed by atoms with Gasteiger partial charge in [0.2, 0.25) is 0 Å². The third-order valence-corrected chi connectivity index (χ3v) is 4.66. The Morgan fingerprint density at radius 3 is 2.73 bits per heavy atom. The molecule has 0 bridgehead atoms. The molecule has 2 atom stereocenters. The Labute approximate surface area is 130 Å². The molecule has 0 radical (unpaired) electrons. The predicted octanol–water partition coefficient (Wildman–Crippen LogP) is 0.242. The number of hydrogen-bond acceptors (Lipinski definition) is 6. The number of nitrogens with zero attached hydrogens (tertiary/aromatic N) is 4. The molecule has 7 nitrogen and oxygen atoms in total. The molecule has 0 saturated carbocycles. The smallest absolute Gasteiger partial charge is 0.276 e. The highest BCUT2D eigenvalue weighted by Gasteiger charge is 2.39. The molecule has 0 aliphatic carbocycles. The number of anilines is 1. The molecule has 0 spiro atoms. The quantitative estimate of drug-likeness (QED) is 0.861. The molecule has 0 aromatic carbocycles. The molecule has 0 unspecified atom stereocenters. The predicted molar refractivity (Wildman–Crippen MR) is 82.3 cm³/mol. The van der Waals surface area contributed by atoms with Crippen molar-refractivity contribution < 1.29 is 9.53 Å². The zero-order valence-electron chi connectivity index (χ0n) is 12.9. The summed E-state index contributed by atoms with van der Waals surface area (Å²) in [6, 6.07) is 0.399. The first-order valence-corrected chi connectivity index (χ1v) is 7.88. The van der Waals surface area contributed by atoms with E-state index in [0.717, 1.165) is 45.8 Å². The van der Waals surface area contributed by atoms with Crippen LogP contribution in [-0.2, 0) is 4.74 Å². The van der Waals surface area contributed by atoms with E-state index in [4.69, 9.17) is 10.5 Å². The topological polar surface area (TPSA) is 84.6 Å². The highest BCUT2D eigenvalue weighted by Crippen LogP contribution is 2.27. The highest BCUT2D eigenvalue weighted by atomic mass is 16.5. The fourth-order valence-corrected chi connectivity index (χ4v) is 3.41. The molecule has 7 heteroatoms. The van der Waals surface area contributed by atoms with Crippen molar-refractivity contribution in [2.75, 3.05) is 45.1 Å². The molecule has 2 aliphatic rings. The van der Waals surface area contributed by atoms with E-state index >= 15 is 0 Å². The van der Waals surface area contributed by atoms with Crippen LogP contribution in [0.3, 0.4) is 0 Å². The average molecular weight is 305 g/mol. The fraction of sp³-hybridized carbons (Fsp3) is 0.667. The van der Waals surface area contributed by atoms with Gasteiger partial charge in [0, 0.05) is 44.6 Å². The zero-order valence-corrected chi connectivity index (χ0v) is 12.9. The lowest BCUT2D eigenvalue weighted by Crippen LogP contribution is -2.47. The second-order valence-corrected chi connectivity index (χ2v) is 5.88. The summed E-state index contributed by atoms with van der Waals surface area (Å²) >= 11 is 0. The molecule has 1 aromatic heterocycles. The second kappa shape index (κ2) is 6.58. The third-order valence-electron chi connectivity index (χ3n) is 4.66. The van der Waals surface area contributed by atoms with Gasteiger partial charge >= 0.3 is 0 Å². The number of nitrogens with two attached hydrogens (primary N) is 1. The lowest BCUT2D eigenvalue weighted by molar-refractivity contribution is 0.0102. The van der Waals surface area contributed by atoms with Gasteiger partial charge in [0.1, 0.15) is 0 Å². The van der Waals surface area contributed by atoms with Gasteiger partial charge in [0.25, 0.3) is 5.91 Å². The molecule has 1 amide bonds. The molecule has 22 heavy (non-hydrogen) atoms. The average Bonchev–Trinajstić information content (AvgIpc) is 3.00. The van der Waals surface area contributed by atoms with Gasteiger partial charge in [0.15, 0.2) is 11.5 Å². The van der Waals surface area contributed by atoms with E-state index in [2.05, 4.69) is 21.8 Å². The van der Waals surface area contributed by atoms with Crippen LogP contribution < -0.4 is 5.73 Å². The summed E-state index contributed by atoms with van der Waals surface area (Å²) in [6.45, 7) is 7.10. The van der Waals surface area contributed by atoms with Crippen molar-refractivity contribution in [1.82, 2.24) is 19.8 Å². The van der Waals surface area contributed by atoms with Gasteiger partial charge in [0.05, 0.1) is 13.2 Å². The summed E-state index contributed by atoms with van der Waals surface area (Å²) < 4.78 is 5.43. The third kappa shape index (κ3) is 2.91. The lowest BCUT2D eigenvalue weighted by Gasteiger charge is -2.34. The number of nitrogen functional groups attached to an aromatic ring is 1. The van der Waals surface area contributed by atoms with Crippen LogP contribution in [0.25, 0.3) is 0 Å². The molecular formula is C15H23N5O2. The van der Waals surface area contributed by atoms with Crippen LogP contribution in [0.4, 0.5) is 5.82 Å². The first-order chi connectivity index (χ1) is 10.7. The largest absolute Gasteiger partial charge is 0.382 e. The van der Waals surface area contributed by atoms with Gasteiger partial charge in [-0.3, -0.25) is 9.69 Å². The van der Waals surface area contributed by atoms with E-state index in [-0.39, 0.29) is 17.4 Å². The summed E-state index contributed by atoms with van der Waals surface area (Å²) in [5.41, 5.74) is 6.05. The minimum atomic E-state index is -0.111. The van der Waals surface area contributed by atoms with Crippen molar-refractivity contribution in [3.8, 4) is 0 Å². The van der Waals surface area contributed by atoms with Crippen LogP contribution in [0.2, 0.25) is 0 Å². The number of likely N-dealkylation sites (tertiary alicyclic amines) is 1. The van der Waals surface area contributed by atoms with E-state index in [1.165, 1.54) is 12.4 Å². The minimum absolute atomic E-state index is 0.111. The Hall–Kier alpha value is -1.73. The van der Waals surface area contributed by atoms with Crippen LogP contribution in [0.1, 0.15) is 23.8 Å². The van der Waals surface area contributed by atoms with Crippen LogP contribution in [0, 0.1) is 5.92 Å². The van der Waals surface area contributed by atoms with E-state index in [1.54, 1.807) is 0 Å². The Morgan fingerprint density at radius 1 is 1.32 bits per heavy atom. The maximum atomic E-state index is 12.7. The van der Waals surface area contributed by atoms with E-state index in [1.807, 2.05) is 4.90 Å². The Morgan fingerprint density at radius 2 is 2.05 bits per heavy atom. The van der Waals surface area contributed by atoms with E-state index in [0.29, 0.717) is 12.0 Å². The van der Waals surface area contributed by atoms with Gasteiger partial charge in [-0.15, -0.1) is 0 Å². The van der Waals surface area contributed by atoms with Gasteiger partial charge in [-0.2, -0.15) is 0 Å². The molecule has 1 aromatic rings. The second-order valence-electron chi connectivity index (χ2n) is 5.88. The lowest BCUT2D eigenvalue weighted by atomic mass is 9.99. The van der Waals surface area contributed by atoms with Crippen molar-refractivity contribution in [3.05, 3.63) is 18.1 Å². The number of carbonyl (C=O) groups excluding carboxylic acids is 1. The number of amides is 1. The van der Waals surface area contributed by atoms with Gasteiger partial charge in [-0.05, 0) is 5.92 Å². The molecule has 120 valence electrons. The fourth-order valence-electron chi connectivity index (χ4n) is 3.41. The van der Waals surface area contributed by atoms with Crippen LogP contribution in [0.15, 0.2) is 12.4 Å². The van der Waals surface area contributed by atoms with Crippen LogP contribution in [0.5, 0.6) is 0 Å². The van der Waals surface area contributed by atoms with Gasteiger partial charge in [-0.1, -0.05) is 13.3 Å². The van der Waals surface area contributed by atoms with Crippen molar-refractivity contribution in [2.45, 2.75) is 19.4 Å². The monoisotopic (exact) mass is 305 g/mol. The standard InChI is InChI=1S/C15H23N5O2/c1-2-11-9-20(10-12(11)19-5-7-22-8-6-19)15(21)13-14(16)18-4-3-17-13/h3-4,11-12H,2,5-10H2,1H3,(H2,16,18)/t11-,12+/m1/s1. The van der Waals surface area contributed by atoms with Crippen molar-refractivity contribution >= 4 is 11.7 Å². The molecule has 2 fully saturated rings. The molecule has 2 aliphatic heterocycles. The van der Waals surface area contributed by atoms with Crippen molar-refractivity contribution in [3.63, 3.8) is 0 Å². The molecule has 3 rings (SSSR count). The number of morpholine rings is 1. The maximum absolute atomic E-state index is 12.7. The number of hydrogen-bond donors (Lipinski definition) is 1. The van der Waals surface area contributed by atoms with Gasteiger partial charge in [-0.25, -0.2) is 9.97 Å². The Balaban J connectivity index is 1.73. The molecule has 2 N–H and O–H groups in total. The Kier molecular flexibility index (Phi) is 4.54. The van der Waals surface area contributed by atoms with Crippen LogP contribution in [-0.4, -0.2) is 71.1 Å². The first kappa shape index (κ1) is 15.2. The highest BCUT2D eigenvalue weighted by molar-refractivity contribution is 5.96. The summed E-state index contributed by atoms with van der Waals surface area (Å²) in [6.07, 6.45) is 4.07. The first-order valence-electron chi connectivity index (χ1n) is 7.88. The van der Waals surface area contributed by atoms with Gasteiger partial charge < -0.3 is 15.4 Å². The van der Waals surface area contributed by atoms with E-state index < -0.39 is 0 Å². The number of carbonyl (C=O) groups is 1. The van der Waals surface area contributed by atoms with Crippen LogP contribution >= 0.6 is 0 Å². The summed E-state index contributed by atoms with van der Waals surface area (Å²) in [5.74, 6) is 0.579. The minimum Gasteiger partial charge on any atom is -0.382 e. The molecule has 3 heterocycles. The van der Waals surface area contributed by atoms with E-state index in [9.17, 15) is 4.79 Å². The molecule has 2 saturated heterocycles. The Bertz CT molecular complexity index is 532. The zero-order chi connectivity index (χ0) is 15.5. The summed E-state index contributed by atoms with van der Waals surface area (Å²) in [5, 5.41) is 0. The normalized spacial score (nSPS) is 26.3. The number of aromatic nitrogens is 2. The SMILES string of the molecule is CC[C@@H]1CN(C(=O)c2nccnc2N)C[C@@H]1N1CCOCC1. The number of ether oxygens (including phenoxy) is 1. The molecular weight excluding hydrogens is 282 g/mol. The number of rotatable bonds is 3.